The summed E-state index contributed by atoms with van der Waals surface area (Å²) >= 11 is 5.96. The molecule has 3 heterocycles. The van der Waals surface area contributed by atoms with Gasteiger partial charge in [0.25, 0.3) is 5.91 Å². The predicted molar refractivity (Wildman–Crippen MR) is 125 cm³/mol. The first-order chi connectivity index (χ1) is 16.0. The lowest BCUT2D eigenvalue weighted by atomic mass is 9.89. The average Bonchev–Trinajstić information content (AvgIpc) is 3.48. The van der Waals surface area contributed by atoms with Gasteiger partial charge in [0, 0.05) is 23.6 Å². The minimum absolute atomic E-state index is 0.0481. The second kappa shape index (κ2) is 9.08. The number of rotatable bonds is 5. The monoisotopic (exact) mass is 467 g/mol. The van der Waals surface area contributed by atoms with Crippen molar-refractivity contribution in [2.24, 2.45) is 0 Å². The summed E-state index contributed by atoms with van der Waals surface area (Å²) in [6.07, 6.45) is 2.50. The molecule has 8 heteroatoms. The lowest BCUT2D eigenvalue weighted by Gasteiger charge is -2.39. The van der Waals surface area contributed by atoms with E-state index < -0.39 is 0 Å². The molecule has 1 spiro atoms. The van der Waals surface area contributed by atoms with Gasteiger partial charge in [0.2, 0.25) is 0 Å². The van der Waals surface area contributed by atoms with Crippen molar-refractivity contribution in [3.05, 3.63) is 65.3 Å². The Kier molecular flexibility index (Phi) is 6.00. The highest BCUT2D eigenvalue weighted by Gasteiger charge is 2.45. The van der Waals surface area contributed by atoms with Crippen LogP contribution in [0.2, 0.25) is 5.02 Å². The maximum Gasteiger partial charge on any atom is 0.271 e. The van der Waals surface area contributed by atoms with E-state index in [1.54, 1.807) is 13.2 Å². The van der Waals surface area contributed by atoms with Gasteiger partial charge in [0.05, 0.1) is 31.6 Å². The third kappa shape index (κ3) is 4.70. The molecule has 33 heavy (non-hydrogen) atoms. The van der Waals surface area contributed by atoms with E-state index in [4.69, 9.17) is 25.8 Å². The van der Waals surface area contributed by atoms with Gasteiger partial charge in [0.15, 0.2) is 0 Å². The minimum Gasteiger partial charge on any atom is -0.497 e. The zero-order valence-corrected chi connectivity index (χ0v) is 19.2. The fourth-order valence-electron chi connectivity index (χ4n) is 4.67. The zero-order valence-electron chi connectivity index (χ0n) is 18.4. The van der Waals surface area contributed by atoms with E-state index in [9.17, 15) is 4.79 Å². The van der Waals surface area contributed by atoms with Crippen LogP contribution in [0.25, 0.3) is 11.3 Å². The molecule has 0 aliphatic carbocycles. The molecule has 0 bridgehead atoms. The summed E-state index contributed by atoms with van der Waals surface area (Å²) in [5, 5.41) is 7.93. The van der Waals surface area contributed by atoms with Crippen LogP contribution in [0.1, 0.15) is 29.8 Å². The highest BCUT2D eigenvalue weighted by atomic mass is 35.5. The molecule has 2 fully saturated rings. The number of nitrogens with one attached hydrogen (secondary N) is 1. The smallest absolute Gasteiger partial charge is 0.271 e. The summed E-state index contributed by atoms with van der Waals surface area (Å²) in [5.74, 6) is 1.45. The van der Waals surface area contributed by atoms with Gasteiger partial charge in [0.1, 0.15) is 23.3 Å². The Hall–Kier alpha value is -3.03. The summed E-state index contributed by atoms with van der Waals surface area (Å²) < 4.78 is 17.6. The van der Waals surface area contributed by atoms with E-state index in [0.29, 0.717) is 36.1 Å². The molecule has 7 nitrogen and oxygen atoms in total. The van der Waals surface area contributed by atoms with Gasteiger partial charge in [-0.2, -0.15) is 5.10 Å². The highest BCUT2D eigenvalue weighted by molar-refractivity contribution is 6.30. The number of methoxy groups -OCH3 is 1. The number of piperidine rings is 1. The van der Waals surface area contributed by atoms with E-state index in [0.717, 1.165) is 36.3 Å². The molecule has 1 amide bonds. The van der Waals surface area contributed by atoms with Gasteiger partial charge in [-0.1, -0.05) is 23.7 Å². The minimum atomic E-state index is -0.374. The molecule has 2 atom stereocenters. The quantitative estimate of drug-likeness (QED) is 0.594. The van der Waals surface area contributed by atoms with Crippen LogP contribution in [0, 0.1) is 0 Å². The number of ether oxygens (including phenoxy) is 3. The number of benzene rings is 2. The van der Waals surface area contributed by atoms with Crippen molar-refractivity contribution in [2.45, 2.75) is 31.0 Å². The van der Waals surface area contributed by atoms with Gasteiger partial charge in [-0.15, -0.1) is 0 Å². The first-order valence-corrected chi connectivity index (χ1v) is 11.5. The number of hydrogen-bond acceptors (Lipinski definition) is 5. The normalized spacial score (nSPS) is 22.5. The second-order valence-corrected chi connectivity index (χ2v) is 9.06. The van der Waals surface area contributed by atoms with E-state index in [-0.39, 0.29) is 17.6 Å². The van der Waals surface area contributed by atoms with Gasteiger partial charge < -0.3 is 19.1 Å². The van der Waals surface area contributed by atoms with Crippen molar-refractivity contribution in [1.29, 1.82) is 0 Å². The van der Waals surface area contributed by atoms with Crippen LogP contribution in [0.15, 0.2) is 54.6 Å². The Morgan fingerprint density at radius 2 is 2.06 bits per heavy atom. The number of carbonyl (C=O) groups excluding carboxylic acids is 1. The van der Waals surface area contributed by atoms with Gasteiger partial charge in [-0.3, -0.25) is 9.89 Å². The molecule has 172 valence electrons. The molecule has 2 aromatic carbocycles. The fourth-order valence-corrected chi connectivity index (χ4v) is 4.80. The fraction of sp³-hybridized carbons (Fsp3) is 0.360. The summed E-state index contributed by atoms with van der Waals surface area (Å²) in [5.41, 5.74) is 1.69. The van der Waals surface area contributed by atoms with Crippen LogP contribution in [0.5, 0.6) is 11.5 Å². The topological polar surface area (TPSA) is 76.7 Å². The SMILES string of the molecule is COc1cccc(-c2cc(C(=O)N3CCC[C@@]4(C[C@@H](Oc5ccc(Cl)cc5)CO4)C3)[nH]n2)c1. The Bertz CT molecular complexity index is 1130. The van der Waals surface area contributed by atoms with Gasteiger partial charge >= 0.3 is 0 Å². The Morgan fingerprint density at radius 1 is 1.21 bits per heavy atom. The first kappa shape index (κ1) is 21.8. The molecule has 0 saturated carbocycles. The largest absolute Gasteiger partial charge is 0.497 e. The lowest BCUT2D eigenvalue weighted by Crippen LogP contribution is -2.50. The molecular formula is C25H26ClN3O4. The zero-order chi connectivity index (χ0) is 22.8. The van der Waals surface area contributed by atoms with E-state index >= 15 is 0 Å². The van der Waals surface area contributed by atoms with Crippen molar-refractivity contribution in [1.82, 2.24) is 15.1 Å². The van der Waals surface area contributed by atoms with Crippen LogP contribution < -0.4 is 9.47 Å². The van der Waals surface area contributed by atoms with Crippen LogP contribution in [0.4, 0.5) is 0 Å². The van der Waals surface area contributed by atoms with Crippen LogP contribution in [0.3, 0.4) is 0 Å². The van der Waals surface area contributed by atoms with Crippen molar-refractivity contribution in [3.63, 3.8) is 0 Å². The maximum atomic E-state index is 13.2. The van der Waals surface area contributed by atoms with Gasteiger partial charge in [-0.05, 0) is 55.3 Å². The molecule has 3 aromatic rings. The molecule has 2 aliphatic rings. The number of aromatic amines is 1. The van der Waals surface area contributed by atoms with E-state index in [2.05, 4.69) is 10.2 Å². The van der Waals surface area contributed by atoms with E-state index in [1.807, 2.05) is 53.4 Å². The third-order valence-electron chi connectivity index (χ3n) is 6.29. The first-order valence-electron chi connectivity index (χ1n) is 11.1. The maximum absolute atomic E-state index is 13.2. The number of halogens is 1. The van der Waals surface area contributed by atoms with Crippen LogP contribution in [-0.2, 0) is 4.74 Å². The molecule has 0 unspecified atom stereocenters. The number of likely N-dealkylation sites (tertiary alicyclic amines) is 1. The van der Waals surface area contributed by atoms with Crippen molar-refractivity contribution < 1.29 is 19.0 Å². The van der Waals surface area contributed by atoms with Crippen LogP contribution in [-0.4, -0.2) is 59.5 Å². The van der Waals surface area contributed by atoms with Crippen molar-refractivity contribution in [2.75, 3.05) is 26.8 Å². The van der Waals surface area contributed by atoms with Crippen molar-refractivity contribution >= 4 is 17.5 Å². The standard InChI is InChI=1S/C25H26ClN3O4/c1-31-20-5-2-4-17(12-20)22-13-23(28-27-22)24(30)29-11-3-10-25(16-29)14-21(15-32-25)33-19-8-6-18(26)7-9-19/h2,4-9,12-13,21H,3,10-11,14-16H2,1H3,(H,27,28)/t21-,25-/m1/s1. The third-order valence-corrected chi connectivity index (χ3v) is 6.54. The summed E-state index contributed by atoms with van der Waals surface area (Å²) in [6.45, 7) is 1.74. The molecule has 1 N–H and O–H groups in total. The summed E-state index contributed by atoms with van der Waals surface area (Å²) in [4.78, 5) is 15.1. The Morgan fingerprint density at radius 3 is 2.88 bits per heavy atom. The average molecular weight is 468 g/mol. The number of amides is 1. The molecular weight excluding hydrogens is 442 g/mol. The second-order valence-electron chi connectivity index (χ2n) is 8.62. The van der Waals surface area contributed by atoms with Crippen LogP contribution >= 0.6 is 11.6 Å². The molecule has 5 rings (SSSR count). The number of H-pyrrole nitrogens is 1. The number of nitrogens with zero attached hydrogens (tertiary/aromatic N) is 2. The molecule has 0 radical (unpaired) electrons. The predicted octanol–water partition coefficient (Wildman–Crippen LogP) is 4.58. The summed E-state index contributed by atoms with van der Waals surface area (Å²) in [6, 6.07) is 16.8. The van der Waals surface area contributed by atoms with Crippen molar-refractivity contribution in [3.8, 4) is 22.8 Å². The van der Waals surface area contributed by atoms with Gasteiger partial charge in [-0.25, -0.2) is 0 Å². The molecule has 2 saturated heterocycles. The lowest BCUT2D eigenvalue weighted by molar-refractivity contribution is -0.0454. The number of hydrogen-bond donors (Lipinski definition) is 1. The number of aromatic nitrogens is 2. The highest BCUT2D eigenvalue weighted by Crippen LogP contribution is 2.37. The van der Waals surface area contributed by atoms with E-state index in [1.165, 1.54) is 0 Å². The Labute approximate surface area is 197 Å². The number of carbonyl (C=O) groups is 1. The Balaban J connectivity index is 1.25. The molecule has 1 aromatic heterocycles. The summed E-state index contributed by atoms with van der Waals surface area (Å²) in [7, 11) is 1.63. The molecule has 2 aliphatic heterocycles.